The first-order valence-electron chi connectivity index (χ1n) is 10.8. The molecule has 0 saturated heterocycles. The first-order valence-corrected chi connectivity index (χ1v) is 11.6. The van der Waals surface area contributed by atoms with Crippen LogP contribution in [0.1, 0.15) is 56.4 Å². The third-order valence-electron chi connectivity index (χ3n) is 5.68. The van der Waals surface area contributed by atoms with Crippen molar-refractivity contribution in [2.45, 2.75) is 71.1 Å². The summed E-state index contributed by atoms with van der Waals surface area (Å²) in [7, 11) is 0. The Morgan fingerprint density at radius 1 is 1.27 bits per heavy atom. The molecular formula is C24H32FN3OS. The fraction of sp³-hybridized carbons (Fsp3) is 0.458. The molecule has 4 rings (SSSR count). The van der Waals surface area contributed by atoms with E-state index in [1.54, 1.807) is 18.0 Å². The first-order chi connectivity index (χ1) is 14.4. The normalized spacial score (nSPS) is 15.6. The van der Waals surface area contributed by atoms with E-state index in [1.165, 1.54) is 6.07 Å². The summed E-state index contributed by atoms with van der Waals surface area (Å²) in [5, 5.41) is 3.21. The van der Waals surface area contributed by atoms with Crippen molar-refractivity contribution in [3.8, 4) is 0 Å². The fourth-order valence-corrected chi connectivity index (χ4v) is 4.88. The Morgan fingerprint density at radius 2 is 2.00 bits per heavy atom. The number of hydrogen-bond donors (Lipinski definition) is 2. The summed E-state index contributed by atoms with van der Waals surface area (Å²) in [6.45, 7) is 12.3. The molecule has 1 aliphatic carbocycles. The van der Waals surface area contributed by atoms with Gasteiger partial charge in [0, 0.05) is 22.5 Å². The Bertz CT molecular complexity index is 995. The van der Waals surface area contributed by atoms with Gasteiger partial charge < -0.3 is 14.6 Å². The molecule has 1 aliphatic heterocycles. The maximum Gasteiger partial charge on any atom is 0.255 e. The maximum absolute atomic E-state index is 14.5. The summed E-state index contributed by atoms with van der Waals surface area (Å²) in [5.41, 5.74) is 4.47. The van der Waals surface area contributed by atoms with E-state index in [0.717, 1.165) is 55.6 Å². The lowest BCUT2D eigenvalue weighted by atomic mass is 10.1. The monoisotopic (exact) mass is 429 g/mol. The Hall–Kier alpha value is -2.21. The molecule has 1 aromatic heterocycles. The van der Waals surface area contributed by atoms with Crippen molar-refractivity contribution < 1.29 is 4.39 Å². The summed E-state index contributed by atoms with van der Waals surface area (Å²) in [6, 6.07) is 5.10. The van der Waals surface area contributed by atoms with E-state index in [0.29, 0.717) is 16.9 Å². The van der Waals surface area contributed by atoms with Crippen molar-refractivity contribution in [1.82, 2.24) is 4.57 Å². The van der Waals surface area contributed by atoms with Crippen LogP contribution in [0.5, 0.6) is 0 Å². The zero-order valence-electron chi connectivity index (χ0n) is 18.4. The number of anilines is 3. The SMILES string of the molecule is C=CCC1(SNc2c(Nc3ccc(C)cc3F)c(C)c(=O)n3c2CCC3)CC1.CC. The van der Waals surface area contributed by atoms with Gasteiger partial charge in [-0.1, -0.05) is 26.0 Å². The summed E-state index contributed by atoms with van der Waals surface area (Å²) >= 11 is 1.71. The minimum absolute atomic E-state index is 0.00490. The van der Waals surface area contributed by atoms with Gasteiger partial charge in [0.05, 0.1) is 17.1 Å². The molecule has 0 bridgehead atoms. The Kier molecular flexibility index (Phi) is 6.96. The van der Waals surface area contributed by atoms with Crippen LogP contribution >= 0.6 is 11.9 Å². The minimum Gasteiger partial charge on any atom is -0.351 e. The number of nitrogens with zero attached hydrogens (tertiary/aromatic N) is 1. The highest BCUT2D eigenvalue weighted by molar-refractivity contribution is 8.02. The fourth-order valence-electron chi connectivity index (χ4n) is 3.83. The third kappa shape index (κ3) is 4.43. The van der Waals surface area contributed by atoms with E-state index in [4.69, 9.17) is 0 Å². The van der Waals surface area contributed by atoms with Crippen LogP contribution < -0.4 is 15.6 Å². The topological polar surface area (TPSA) is 46.1 Å². The zero-order chi connectivity index (χ0) is 21.9. The molecule has 1 fully saturated rings. The van der Waals surface area contributed by atoms with E-state index in [-0.39, 0.29) is 16.1 Å². The maximum atomic E-state index is 14.5. The highest BCUT2D eigenvalue weighted by Gasteiger charge is 2.43. The van der Waals surface area contributed by atoms with Gasteiger partial charge in [0.25, 0.3) is 5.56 Å². The second kappa shape index (κ2) is 9.29. The molecule has 2 N–H and O–H groups in total. The number of allylic oxidation sites excluding steroid dienone is 1. The molecular weight excluding hydrogens is 397 g/mol. The van der Waals surface area contributed by atoms with E-state index in [2.05, 4.69) is 16.6 Å². The quantitative estimate of drug-likeness (QED) is 0.390. The minimum atomic E-state index is -0.316. The summed E-state index contributed by atoms with van der Waals surface area (Å²) in [4.78, 5) is 12.9. The lowest BCUT2D eigenvalue weighted by Gasteiger charge is -2.22. The van der Waals surface area contributed by atoms with Gasteiger partial charge in [0.2, 0.25) is 0 Å². The van der Waals surface area contributed by atoms with E-state index >= 15 is 0 Å². The van der Waals surface area contributed by atoms with Crippen LogP contribution in [0.25, 0.3) is 0 Å². The molecule has 1 aromatic carbocycles. The molecule has 1 saturated carbocycles. The molecule has 30 heavy (non-hydrogen) atoms. The van der Waals surface area contributed by atoms with E-state index < -0.39 is 0 Å². The van der Waals surface area contributed by atoms with Crippen LogP contribution in [0.2, 0.25) is 0 Å². The van der Waals surface area contributed by atoms with Crippen LogP contribution in [0.3, 0.4) is 0 Å². The lowest BCUT2D eigenvalue weighted by Crippen LogP contribution is -2.24. The van der Waals surface area contributed by atoms with Gasteiger partial charge in [-0.05, 0) is 75.6 Å². The third-order valence-corrected chi connectivity index (χ3v) is 6.99. The number of halogens is 1. The molecule has 2 aromatic rings. The molecule has 0 spiro atoms. The van der Waals surface area contributed by atoms with Crippen molar-refractivity contribution >= 4 is 29.0 Å². The smallest absolute Gasteiger partial charge is 0.255 e. The molecule has 0 atom stereocenters. The number of aromatic nitrogens is 1. The predicted octanol–water partition coefficient (Wildman–Crippen LogP) is 6.49. The highest BCUT2D eigenvalue weighted by atomic mass is 32.2. The van der Waals surface area contributed by atoms with Gasteiger partial charge in [-0.25, -0.2) is 4.39 Å². The number of fused-ring (bicyclic) bond motifs is 1. The van der Waals surface area contributed by atoms with Crippen LogP contribution in [0.4, 0.5) is 21.5 Å². The van der Waals surface area contributed by atoms with Crippen LogP contribution in [0.15, 0.2) is 35.6 Å². The molecule has 0 radical (unpaired) electrons. The zero-order valence-corrected chi connectivity index (χ0v) is 19.2. The van der Waals surface area contributed by atoms with Crippen molar-refractivity contribution in [3.63, 3.8) is 0 Å². The lowest BCUT2D eigenvalue weighted by molar-refractivity contribution is 0.630. The number of rotatable bonds is 7. The number of hydrogen-bond acceptors (Lipinski definition) is 4. The van der Waals surface area contributed by atoms with E-state index in [9.17, 15) is 9.18 Å². The number of nitrogens with one attached hydrogen (secondary N) is 2. The van der Waals surface area contributed by atoms with Crippen molar-refractivity contribution in [3.05, 3.63) is 63.8 Å². The number of benzene rings is 1. The van der Waals surface area contributed by atoms with Crippen LogP contribution in [-0.4, -0.2) is 9.31 Å². The molecule has 2 aliphatic rings. The number of aryl methyl sites for hydroxylation is 1. The highest BCUT2D eigenvalue weighted by Crippen LogP contribution is 2.52. The van der Waals surface area contributed by atoms with E-state index in [1.807, 2.05) is 44.4 Å². The molecule has 0 unspecified atom stereocenters. The second-order valence-electron chi connectivity index (χ2n) is 7.87. The van der Waals surface area contributed by atoms with Crippen molar-refractivity contribution in [1.29, 1.82) is 0 Å². The van der Waals surface area contributed by atoms with Gasteiger partial charge in [-0.15, -0.1) is 6.58 Å². The Morgan fingerprint density at radius 3 is 2.63 bits per heavy atom. The van der Waals surface area contributed by atoms with Gasteiger partial charge in [-0.2, -0.15) is 0 Å². The molecule has 2 heterocycles. The summed E-state index contributed by atoms with van der Waals surface area (Å²) < 4.78 is 20.1. The predicted molar refractivity (Wildman–Crippen MR) is 128 cm³/mol. The van der Waals surface area contributed by atoms with Gasteiger partial charge >= 0.3 is 0 Å². The average molecular weight is 430 g/mol. The molecule has 4 nitrogen and oxygen atoms in total. The van der Waals surface area contributed by atoms with Crippen LogP contribution in [0, 0.1) is 19.7 Å². The molecule has 162 valence electrons. The first kappa shape index (κ1) is 22.5. The van der Waals surface area contributed by atoms with Gasteiger partial charge in [-0.3, -0.25) is 4.79 Å². The summed E-state index contributed by atoms with van der Waals surface area (Å²) in [6.07, 6.45) is 7.02. The Labute approximate surface area is 183 Å². The average Bonchev–Trinajstić information content (AvgIpc) is 3.32. The van der Waals surface area contributed by atoms with Crippen molar-refractivity contribution in [2.75, 3.05) is 10.0 Å². The van der Waals surface area contributed by atoms with Crippen molar-refractivity contribution in [2.24, 2.45) is 0 Å². The largest absolute Gasteiger partial charge is 0.351 e. The molecule has 0 amide bonds. The second-order valence-corrected chi connectivity index (χ2v) is 9.14. The van der Waals surface area contributed by atoms with Gasteiger partial charge in [0.15, 0.2) is 0 Å². The molecule has 6 heteroatoms. The number of pyridine rings is 1. The summed E-state index contributed by atoms with van der Waals surface area (Å²) in [5.74, 6) is -0.316. The van der Waals surface area contributed by atoms with Crippen LogP contribution in [-0.2, 0) is 13.0 Å². The van der Waals surface area contributed by atoms with Gasteiger partial charge in [0.1, 0.15) is 5.82 Å². The Balaban J connectivity index is 0.00000124. The standard InChI is InChI=1S/C22H26FN3OS.C2H6/c1-4-9-22(10-11-22)28-25-20-18-6-5-12-26(18)21(27)15(3)19(20)24-17-8-7-14(2)13-16(17)23;1-2/h4,7-8,13,24-25H,1,5-6,9-12H2,2-3H3;1-2H3.